The average Bonchev–Trinajstić information content (AvgIpc) is 3.68. The number of nitrogens with zero attached hydrogens (tertiary/aromatic N) is 7. The first-order chi connectivity index (χ1) is 18.5. The summed E-state index contributed by atoms with van der Waals surface area (Å²) in [5.74, 6) is 0.487. The van der Waals surface area contributed by atoms with E-state index in [2.05, 4.69) is 33.4 Å². The third kappa shape index (κ3) is 4.80. The van der Waals surface area contributed by atoms with Crippen LogP contribution in [-0.2, 0) is 12.7 Å². The van der Waals surface area contributed by atoms with Crippen molar-refractivity contribution in [3.63, 3.8) is 0 Å². The standard InChI is InChI=1S/C28H36F3N7O/c1-18(2)34(4)25-9-32-38(17-25)27(39)36-13-20-11-35(12-21(20)14-36)10-19-5-6-22(8-26(19)28(29,30)31)37-16-23-7-24(37)15-33(23)3/h5-6,8-9,17,20-21,23-24H,1,7,10-16H2,2-4H3/t20?,21?,23-,24-/m0/s1. The molecule has 210 valence electrons. The molecular weight excluding hydrogens is 507 g/mol. The van der Waals surface area contributed by atoms with Crippen LogP contribution in [0.15, 0.2) is 42.9 Å². The lowest BCUT2D eigenvalue weighted by Crippen LogP contribution is -2.44. The molecule has 0 spiro atoms. The van der Waals surface area contributed by atoms with Crippen LogP contribution in [0.4, 0.5) is 29.3 Å². The molecule has 2 aromatic rings. The van der Waals surface area contributed by atoms with Gasteiger partial charge in [-0.2, -0.15) is 23.0 Å². The number of rotatable bonds is 5. The minimum atomic E-state index is -4.40. The zero-order chi connectivity index (χ0) is 27.6. The Morgan fingerprint density at radius 1 is 1.10 bits per heavy atom. The number of carbonyl (C=O) groups excluding carboxylic acids is 1. The Balaban J connectivity index is 1.10. The van der Waals surface area contributed by atoms with E-state index in [4.69, 9.17) is 0 Å². The Bertz CT molecular complexity index is 1260. The molecule has 0 N–H and O–H groups in total. The van der Waals surface area contributed by atoms with Crippen LogP contribution in [0.1, 0.15) is 24.5 Å². The Morgan fingerprint density at radius 2 is 1.82 bits per heavy atom. The van der Waals surface area contributed by atoms with Gasteiger partial charge < -0.3 is 14.7 Å². The van der Waals surface area contributed by atoms with E-state index in [1.165, 1.54) is 10.7 Å². The van der Waals surface area contributed by atoms with Crippen LogP contribution < -0.4 is 9.80 Å². The van der Waals surface area contributed by atoms with Crippen molar-refractivity contribution in [2.24, 2.45) is 11.8 Å². The first kappa shape index (κ1) is 26.2. The smallest absolute Gasteiger partial charge is 0.366 e. The SMILES string of the molecule is C=C(C)N(C)c1cnn(C(=O)N2CC3CN(Cc4ccc(N5C[C@@H]6C[C@H]5CN6C)cc4C(F)(F)F)CC3C2)c1. The highest BCUT2D eigenvalue weighted by Crippen LogP contribution is 2.40. The van der Waals surface area contributed by atoms with Crippen LogP contribution >= 0.6 is 0 Å². The lowest BCUT2D eigenvalue weighted by molar-refractivity contribution is -0.138. The quantitative estimate of drug-likeness (QED) is 0.572. The second kappa shape index (κ2) is 9.55. The highest BCUT2D eigenvalue weighted by atomic mass is 19.4. The lowest BCUT2D eigenvalue weighted by atomic mass is 10.0. The summed E-state index contributed by atoms with van der Waals surface area (Å²) in [5.41, 5.74) is 2.11. The summed E-state index contributed by atoms with van der Waals surface area (Å²) >= 11 is 0. The fourth-order valence-corrected chi connectivity index (χ4v) is 6.90. The molecule has 0 aliphatic carbocycles. The molecule has 11 heteroatoms. The topological polar surface area (TPSA) is 51.1 Å². The maximum atomic E-state index is 14.2. The number of likely N-dealkylation sites (N-methyl/N-ethyl adjacent to an activating group) is 1. The maximum Gasteiger partial charge on any atom is 0.416 e. The first-order valence-electron chi connectivity index (χ1n) is 13.6. The third-order valence-electron chi connectivity index (χ3n) is 9.20. The molecule has 5 heterocycles. The van der Waals surface area contributed by atoms with Gasteiger partial charge in [-0.3, -0.25) is 9.80 Å². The molecule has 0 saturated carbocycles. The molecule has 4 saturated heterocycles. The Kier molecular flexibility index (Phi) is 6.41. The predicted molar refractivity (Wildman–Crippen MR) is 144 cm³/mol. The van der Waals surface area contributed by atoms with E-state index in [9.17, 15) is 18.0 Å². The summed E-state index contributed by atoms with van der Waals surface area (Å²) in [7, 11) is 3.96. The Morgan fingerprint density at radius 3 is 2.41 bits per heavy atom. The van der Waals surface area contributed by atoms with Gasteiger partial charge in [0.1, 0.15) is 0 Å². The zero-order valence-electron chi connectivity index (χ0n) is 22.7. The van der Waals surface area contributed by atoms with Crippen molar-refractivity contribution in [3.8, 4) is 0 Å². The number of benzene rings is 1. The predicted octanol–water partition coefficient (Wildman–Crippen LogP) is 3.80. The minimum Gasteiger partial charge on any atom is -0.366 e. The highest BCUT2D eigenvalue weighted by Gasteiger charge is 2.44. The van der Waals surface area contributed by atoms with Gasteiger partial charge in [0.05, 0.1) is 23.6 Å². The minimum absolute atomic E-state index is 0.172. The van der Waals surface area contributed by atoms with E-state index in [-0.39, 0.29) is 30.5 Å². The second-order valence-electron chi connectivity index (χ2n) is 11.8. The van der Waals surface area contributed by atoms with E-state index in [1.807, 2.05) is 24.9 Å². The summed E-state index contributed by atoms with van der Waals surface area (Å²) in [5, 5.41) is 4.23. The number of allylic oxidation sites excluding steroid dienone is 1. The summed E-state index contributed by atoms with van der Waals surface area (Å²) in [4.78, 5) is 23.3. The first-order valence-corrected chi connectivity index (χ1v) is 13.6. The number of carbonyl (C=O) groups is 1. The van der Waals surface area contributed by atoms with Gasteiger partial charge in [0.15, 0.2) is 0 Å². The van der Waals surface area contributed by atoms with E-state index >= 15 is 0 Å². The molecule has 4 atom stereocenters. The molecule has 4 aliphatic rings. The van der Waals surface area contributed by atoms with Gasteiger partial charge in [0.2, 0.25) is 0 Å². The van der Waals surface area contributed by atoms with E-state index in [0.717, 1.165) is 30.9 Å². The number of anilines is 2. The molecular formula is C28H36F3N7O. The van der Waals surface area contributed by atoms with Gasteiger partial charge in [0, 0.05) is 76.3 Å². The van der Waals surface area contributed by atoms with Gasteiger partial charge in [-0.05, 0) is 49.9 Å². The Hall–Kier alpha value is -3.05. The fourth-order valence-electron chi connectivity index (χ4n) is 6.90. The molecule has 0 radical (unpaired) electrons. The van der Waals surface area contributed by atoms with Gasteiger partial charge in [-0.15, -0.1) is 0 Å². The highest BCUT2D eigenvalue weighted by molar-refractivity contribution is 5.77. The third-order valence-corrected chi connectivity index (χ3v) is 9.20. The number of piperazine rings is 1. The van der Waals surface area contributed by atoms with Crippen LogP contribution in [0.25, 0.3) is 0 Å². The summed E-state index contributed by atoms with van der Waals surface area (Å²) in [6, 6.07) is 5.44. The molecule has 2 unspecified atom stereocenters. The summed E-state index contributed by atoms with van der Waals surface area (Å²) in [6.45, 7) is 10.3. The monoisotopic (exact) mass is 543 g/mol. The number of amides is 1. The number of likely N-dealkylation sites (tertiary alicyclic amines) is 3. The largest absolute Gasteiger partial charge is 0.416 e. The summed E-state index contributed by atoms with van der Waals surface area (Å²) < 4.78 is 43.8. The van der Waals surface area contributed by atoms with Gasteiger partial charge in [-0.1, -0.05) is 12.6 Å². The molecule has 4 aliphatic heterocycles. The van der Waals surface area contributed by atoms with Crippen molar-refractivity contribution in [2.75, 3.05) is 63.2 Å². The normalized spacial score (nSPS) is 27.0. The van der Waals surface area contributed by atoms with E-state index < -0.39 is 11.7 Å². The van der Waals surface area contributed by atoms with Gasteiger partial charge in [-0.25, -0.2) is 4.79 Å². The lowest BCUT2D eigenvalue weighted by Gasteiger charge is -2.34. The van der Waals surface area contributed by atoms with Crippen molar-refractivity contribution in [3.05, 3.63) is 54.0 Å². The van der Waals surface area contributed by atoms with Crippen molar-refractivity contribution in [1.82, 2.24) is 24.5 Å². The number of aromatic nitrogens is 2. The van der Waals surface area contributed by atoms with Crippen LogP contribution in [0.2, 0.25) is 0 Å². The Labute approximate surface area is 227 Å². The van der Waals surface area contributed by atoms with E-state index in [1.54, 1.807) is 23.4 Å². The molecule has 2 bridgehead atoms. The van der Waals surface area contributed by atoms with Crippen LogP contribution in [0.3, 0.4) is 0 Å². The molecule has 1 aromatic heterocycles. The molecule has 1 amide bonds. The molecule has 1 aromatic carbocycles. The second-order valence-corrected chi connectivity index (χ2v) is 11.8. The van der Waals surface area contributed by atoms with Crippen molar-refractivity contribution in [2.45, 2.75) is 38.1 Å². The van der Waals surface area contributed by atoms with E-state index in [0.29, 0.717) is 43.5 Å². The van der Waals surface area contributed by atoms with Crippen molar-refractivity contribution < 1.29 is 18.0 Å². The van der Waals surface area contributed by atoms with Gasteiger partial charge in [0.25, 0.3) is 0 Å². The number of hydrogen-bond donors (Lipinski definition) is 0. The number of alkyl halides is 3. The van der Waals surface area contributed by atoms with Crippen LogP contribution in [0, 0.1) is 11.8 Å². The van der Waals surface area contributed by atoms with Crippen LogP contribution in [-0.4, -0.2) is 96.0 Å². The maximum absolute atomic E-state index is 14.2. The number of hydrogen-bond acceptors (Lipinski definition) is 6. The van der Waals surface area contributed by atoms with Crippen molar-refractivity contribution >= 4 is 17.4 Å². The summed E-state index contributed by atoms with van der Waals surface area (Å²) in [6.07, 6.45) is -0.0456. The van der Waals surface area contributed by atoms with Gasteiger partial charge >= 0.3 is 12.2 Å². The fraction of sp³-hybridized carbons (Fsp3) is 0.571. The average molecular weight is 544 g/mol. The molecule has 8 nitrogen and oxygen atoms in total. The molecule has 39 heavy (non-hydrogen) atoms. The van der Waals surface area contributed by atoms with Crippen molar-refractivity contribution in [1.29, 1.82) is 0 Å². The number of halogens is 3. The zero-order valence-corrected chi connectivity index (χ0v) is 22.7. The van der Waals surface area contributed by atoms with Crippen LogP contribution in [0.5, 0.6) is 0 Å². The molecule has 4 fully saturated rings. The molecule has 6 rings (SSSR count). The number of fused-ring (bicyclic) bond motifs is 3.